The lowest BCUT2D eigenvalue weighted by atomic mass is 10.00. The van der Waals surface area contributed by atoms with E-state index < -0.39 is 12.0 Å². The van der Waals surface area contributed by atoms with Gasteiger partial charge < -0.3 is 15.0 Å². The highest BCUT2D eigenvalue weighted by atomic mass is 16.4. The number of H-pyrrole nitrogens is 1. The fourth-order valence-electron chi connectivity index (χ4n) is 4.60. The van der Waals surface area contributed by atoms with E-state index in [-0.39, 0.29) is 0 Å². The highest BCUT2D eigenvalue weighted by Crippen LogP contribution is 2.34. The number of aliphatic carboxylic acids is 1. The predicted octanol–water partition coefficient (Wildman–Crippen LogP) is 4.72. The van der Waals surface area contributed by atoms with Crippen molar-refractivity contribution in [2.45, 2.75) is 19.1 Å². The second kappa shape index (κ2) is 9.30. The van der Waals surface area contributed by atoms with E-state index >= 15 is 0 Å². The number of carboxylic acids is 1. The normalized spacial score (nSPS) is 15.0. The van der Waals surface area contributed by atoms with Gasteiger partial charge in [-0.1, -0.05) is 66.7 Å². The summed E-state index contributed by atoms with van der Waals surface area (Å²) < 4.78 is 0. The third-order valence-corrected chi connectivity index (χ3v) is 6.19. The summed E-state index contributed by atoms with van der Waals surface area (Å²) in [5.74, 6) is -0.830. The number of carbonyl (C=O) groups is 1. The number of aromatic amines is 1. The van der Waals surface area contributed by atoms with E-state index in [2.05, 4.69) is 50.1 Å². The summed E-state index contributed by atoms with van der Waals surface area (Å²) >= 11 is 0. The van der Waals surface area contributed by atoms with Gasteiger partial charge in [-0.25, -0.2) is 4.98 Å². The molecule has 6 nitrogen and oxygen atoms in total. The van der Waals surface area contributed by atoms with E-state index in [1.54, 1.807) is 6.33 Å². The number of hydrogen-bond donors (Lipinski definition) is 2. The molecule has 0 saturated carbocycles. The van der Waals surface area contributed by atoms with Gasteiger partial charge in [0.25, 0.3) is 0 Å². The van der Waals surface area contributed by atoms with Crippen LogP contribution < -0.4 is 4.90 Å². The molecule has 0 amide bonds. The molecule has 4 aromatic rings. The predicted molar refractivity (Wildman–Crippen MR) is 129 cm³/mol. The molecule has 1 aromatic heterocycles. The lowest BCUT2D eigenvalue weighted by Gasteiger charge is -2.28. The maximum Gasteiger partial charge on any atom is 0.325 e. The third-order valence-electron chi connectivity index (χ3n) is 6.19. The number of aromatic nitrogens is 2. The maximum absolute atomic E-state index is 12.4. The van der Waals surface area contributed by atoms with Crippen LogP contribution in [0.4, 0.5) is 5.69 Å². The van der Waals surface area contributed by atoms with Gasteiger partial charge in [-0.15, -0.1) is 0 Å². The molecule has 166 valence electrons. The summed E-state index contributed by atoms with van der Waals surface area (Å²) in [6.45, 7) is 2.60. The van der Waals surface area contributed by atoms with Crippen molar-refractivity contribution in [3.05, 3.63) is 108 Å². The van der Waals surface area contributed by atoms with Crippen LogP contribution in [-0.4, -0.2) is 39.0 Å². The van der Waals surface area contributed by atoms with Crippen LogP contribution in [0.1, 0.15) is 22.9 Å². The van der Waals surface area contributed by atoms with Gasteiger partial charge in [-0.2, -0.15) is 0 Å². The molecule has 0 saturated heterocycles. The number of imidazole rings is 1. The van der Waals surface area contributed by atoms with Crippen LogP contribution in [0.5, 0.6) is 0 Å². The molecule has 2 N–H and O–H groups in total. The summed E-state index contributed by atoms with van der Waals surface area (Å²) in [7, 11) is 0. The van der Waals surface area contributed by atoms with Crippen molar-refractivity contribution in [2.24, 2.45) is 0 Å². The van der Waals surface area contributed by atoms with Gasteiger partial charge in [0.15, 0.2) is 0 Å². The Kier molecular flexibility index (Phi) is 5.91. The van der Waals surface area contributed by atoms with E-state index in [9.17, 15) is 9.90 Å². The Morgan fingerprint density at radius 1 is 0.970 bits per heavy atom. The van der Waals surface area contributed by atoms with E-state index in [4.69, 9.17) is 0 Å². The second-order valence-electron chi connectivity index (χ2n) is 8.33. The number of nitrogens with zero attached hydrogens (tertiary/aromatic N) is 3. The Bertz CT molecular complexity index is 1210. The molecule has 1 unspecified atom stereocenters. The summed E-state index contributed by atoms with van der Waals surface area (Å²) in [5.41, 5.74) is 6.35. The van der Waals surface area contributed by atoms with Crippen LogP contribution in [0.15, 0.2) is 91.4 Å². The van der Waals surface area contributed by atoms with Crippen LogP contribution in [0.3, 0.4) is 0 Å². The van der Waals surface area contributed by atoms with Gasteiger partial charge in [0.2, 0.25) is 0 Å². The molecule has 3 aromatic carbocycles. The summed E-state index contributed by atoms with van der Waals surface area (Å²) in [6.07, 6.45) is 3.53. The molecule has 0 aliphatic carbocycles. The molecular formula is C27H26N4O2. The monoisotopic (exact) mass is 438 g/mol. The molecule has 0 radical (unpaired) electrons. The van der Waals surface area contributed by atoms with Crippen molar-refractivity contribution in [3.8, 4) is 11.1 Å². The second-order valence-corrected chi connectivity index (χ2v) is 8.33. The summed E-state index contributed by atoms with van der Waals surface area (Å²) in [6, 6.07) is 25.6. The van der Waals surface area contributed by atoms with E-state index in [0.717, 1.165) is 33.6 Å². The molecule has 0 fully saturated rings. The molecule has 0 spiro atoms. The SMILES string of the molecule is O=C(O)C(c1ccccc1)N1CCN(Cc2cnc[nH]2)c2ccc(-c3ccccc3)cc2C1. The average Bonchev–Trinajstić information content (AvgIpc) is 3.29. The van der Waals surface area contributed by atoms with Gasteiger partial charge >= 0.3 is 5.97 Å². The number of anilines is 1. The van der Waals surface area contributed by atoms with Crippen LogP contribution in [0.2, 0.25) is 0 Å². The molecule has 1 atom stereocenters. The minimum atomic E-state index is -0.830. The molecule has 33 heavy (non-hydrogen) atoms. The molecule has 6 heteroatoms. The Labute approximate surface area is 193 Å². The zero-order chi connectivity index (χ0) is 22.6. The summed E-state index contributed by atoms with van der Waals surface area (Å²) in [5, 5.41) is 10.2. The maximum atomic E-state index is 12.4. The van der Waals surface area contributed by atoms with Crippen LogP contribution >= 0.6 is 0 Å². The summed E-state index contributed by atoms with van der Waals surface area (Å²) in [4.78, 5) is 24.1. The molecular weight excluding hydrogens is 412 g/mol. The first-order valence-corrected chi connectivity index (χ1v) is 11.1. The van der Waals surface area contributed by atoms with E-state index in [0.29, 0.717) is 26.2 Å². The van der Waals surface area contributed by atoms with Gasteiger partial charge in [-0.05, 0) is 34.4 Å². The largest absolute Gasteiger partial charge is 0.480 e. The first kappa shape index (κ1) is 21.0. The van der Waals surface area contributed by atoms with Crippen molar-refractivity contribution in [3.63, 3.8) is 0 Å². The van der Waals surface area contributed by atoms with Crippen molar-refractivity contribution >= 4 is 11.7 Å². The van der Waals surface area contributed by atoms with E-state index in [1.165, 1.54) is 0 Å². The lowest BCUT2D eigenvalue weighted by Crippen LogP contribution is -2.37. The highest BCUT2D eigenvalue weighted by molar-refractivity contribution is 5.76. The first-order chi connectivity index (χ1) is 16.2. The molecule has 1 aliphatic rings. The first-order valence-electron chi connectivity index (χ1n) is 11.1. The van der Waals surface area contributed by atoms with Gasteiger partial charge in [0.1, 0.15) is 6.04 Å². The zero-order valence-corrected chi connectivity index (χ0v) is 18.3. The van der Waals surface area contributed by atoms with Crippen molar-refractivity contribution in [1.29, 1.82) is 0 Å². The number of benzene rings is 3. The standard InChI is InChI=1S/C27H26N4O2/c32-27(33)26(21-9-5-2-6-10-21)31-14-13-30(18-24-16-28-19-29-24)25-12-11-22(15-23(25)17-31)20-7-3-1-4-8-20/h1-12,15-16,19,26H,13-14,17-18H2,(H,28,29)(H,32,33). The molecule has 2 heterocycles. The smallest absolute Gasteiger partial charge is 0.325 e. The number of fused-ring (bicyclic) bond motifs is 1. The molecule has 0 bridgehead atoms. The van der Waals surface area contributed by atoms with Gasteiger partial charge in [0.05, 0.1) is 18.6 Å². The fraction of sp³-hybridized carbons (Fsp3) is 0.185. The number of rotatable bonds is 6. The number of carboxylic acid groups (broad SMARTS) is 1. The van der Waals surface area contributed by atoms with Crippen LogP contribution in [-0.2, 0) is 17.9 Å². The zero-order valence-electron chi connectivity index (χ0n) is 18.3. The van der Waals surface area contributed by atoms with Crippen LogP contribution in [0, 0.1) is 0 Å². The van der Waals surface area contributed by atoms with Crippen LogP contribution in [0.25, 0.3) is 11.1 Å². The van der Waals surface area contributed by atoms with E-state index in [1.807, 2.05) is 54.7 Å². The Morgan fingerprint density at radius 3 is 2.42 bits per heavy atom. The Hall–Kier alpha value is -3.90. The quantitative estimate of drug-likeness (QED) is 0.456. The lowest BCUT2D eigenvalue weighted by molar-refractivity contribution is -0.143. The van der Waals surface area contributed by atoms with Crippen molar-refractivity contribution in [1.82, 2.24) is 14.9 Å². The Balaban J connectivity index is 1.54. The van der Waals surface area contributed by atoms with Crippen molar-refractivity contribution in [2.75, 3.05) is 18.0 Å². The average molecular weight is 439 g/mol. The Morgan fingerprint density at radius 2 is 1.73 bits per heavy atom. The molecule has 5 rings (SSSR count). The minimum absolute atomic E-state index is 0.557. The van der Waals surface area contributed by atoms with Gasteiger partial charge in [0, 0.05) is 31.5 Å². The number of hydrogen-bond acceptors (Lipinski definition) is 4. The topological polar surface area (TPSA) is 72.5 Å². The number of nitrogens with one attached hydrogen (secondary N) is 1. The van der Waals surface area contributed by atoms with Gasteiger partial charge in [-0.3, -0.25) is 9.69 Å². The minimum Gasteiger partial charge on any atom is -0.480 e. The highest BCUT2D eigenvalue weighted by Gasteiger charge is 2.31. The molecule has 1 aliphatic heterocycles. The third kappa shape index (κ3) is 4.52. The van der Waals surface area contributed by atoms with Crippen molar-refractivity contribution < 1.29 is 9.90 Å². The fourth-order valence-corrected chi connectivity index (χ4v) is 4.60.